The number of nitrogens with one attached hydrogen (secondary N) is 1. The van der Waals surface area contributed by atoms with Crippen LogP contribution in [-0.2, 0) is 0 Å². The lowest BCUT2D eigenvalue weighted by atomic mass is 10.2. The van der Waals surface area contributed by atoms with E-state index in [1.165, 1.54) is 0 Å². The van der Waals surface area contributed by atoms with Gasteiger partial charge in [0.15, 0.2) is 11.6 Å². The molecule has 104 valence electrons. The number of benzene rings is 1. The van der Waals surface area contributed by atoms with Crippen molar-refractivity contribution < 1.29 is 18.0 Å². The van der Waals surface area contributed by atoms with Crippen LogP contribution >= 0.6 is 23.2 Å². The van der Waals surface area contributed by atoms with Crippen molar-refractivity contribution in [1.29, 1.82) is 0 Å². The fraction of sp³-hybridized carbons (Fsp3) is 0. The number of pyridine rings is 1. The summed E-state index contributed by atoms with van der Waals surface area (Å²) in [6, 6.07) is 2.03. The first-order valence-electron chi connectivity index (χ1n) is 5.15. The topological polar surface area (TPSA) is 42.0 Å². The SMILES string of the molecule is O=C(Nc1c(F)cc(F)cc1F)c1cc(Cl)ncc1Cl. The molecule has 1 amide bonds. The van der Waals surface area contributed by atoms with Gasteiger partial charge in [0.05, 0.1) is 10.6 Å². The zero-order valence-corrected chi connectivity index (χ0v) is 11.1. The quantitative estimate of drug-likeness (QED) is 0.848. The van der Waals surface area contributed by atoms with Gasteiger partial charge in [0.1, 0.15) is 16.7 Å². The molecule has 0 radical (unpaired) electrons. The first-order valence-corrected chi connectivity index (χ1v) is 5.91. The highest BCUT2D eigenvalue weighted by Crippen LogP contribution is 2.23. The smallest absolute Gasteiger partial charge is 0.257 e. The highest BCUT2D eigenvalue weighted by Gasteiger charge is 2.17. The molecule has 8 heteroatoms. The number of nitrogens with zero attached hydrogens (tertiary/aromatic N) is 1. The number of carbonyl (C=O) groups excluding carboxylic acids is 1. The van der Waals surface area contributed by atoms with Gasteiger partial charge in [0, 0.05) is 18.3 Å². The molecule has 0 aliphatic carbocycles. The van der Waals surface area contributed by atoms with Gasteiger partial charge in [0.2, 0.25) is 0 Å². The van der Waals surface area contributed by atoms with E-state index in [4.69, 9.17) is 23.2 Å². The van der Waals surface area contributed by atoms with Crippen molar-refractivity contribution in [2.45, 2.75) is 0 Å². The number of hydrogen-bond acceptors (Lipinski definition) is 2. The lowest BCUT2D eigenvalue weighted by Crippen LogP contribution is -2.15. The summed E-state index contributed by atoms with van der Waals surface area (Å²) in [4.78, 5) is 15.5. The summed E-state index contributed by atoms with van der Waals surface area (Å²) in [6.45, 7) is 0. The summed E-state index contributed by atoms with van der Waals surface area (Å²) in [7, 11) is 0. The lowest BCUT2D eigenvalue weighted by molar-refractivity contribution is 0.102. The minimum atomic E-state index is -1.24. The summed E-state index contributed by atoms with van der Waals surface area (Å²) < 4.78 is 39.5. The Hall–Kier alpha value is -1.79. The zero-order valence-electron chi connectivity index (χ0n) is 9.55. The van der Waals surface area contributed by atoms with Crippen molar-refractivity contribution >= 4 is 34.8 Å². The largest absolute Gasteiger partial charge is 0.317 e. The average Bonchev–Trinajstić information content (AvgIpc) is 2.36. The molecule has 0 bridgehead atoms. The maximum atomic E-state index is 13.4. The minimum Gasteiger partial charge on any atom is -0.317 e. The molecule has 0 aliphatic heterocycles. The van der Waals surface area contributed by atoms with Crippen LogP contribution in [0.4, 0.5) is 18.9 Å². The van der Waals surface area contributed by atoms with Gasteiger partial charge in [-0.3, -0.25) is 4.79 Å². The Balaban J connectivity index is 2.35. The van der Waals surface area contributed by atoms with Crippen molar-refractivity contribution in [1.82, 2.24) is 4.98 Å². The van der Waals surface area contributed by atoms with Crippen LogP contribution in [0.15, 0.2) is 24.4 Å². The molecular weight excluding hydrogens is 316 g/mol. The van der Waals surface area contributed by atoms with Gasteiger partial charge in [-0.15, -0.1) is 0 Å². The summed E-state index contributed by atoms with van der Waals surface area (Å²) in [5.41, 5.74) is -0.893. The van der Waals surface area contributed by atoms with Crippen molar-refractivity contribution in [3.05, 3.63) is 57.6 Å². The minimum absolute atomic E-state index is 0.0143. The van der Waals surface area contributed by atoms with Gasteiger partial charge in [-0.1, -0.05) is 23.2 Å². The molecule has 0 atom stereocenters. The van der Waals surface area contributed by atoms with E-state index in [2.05, 4.69) is 4.98 Å². The Morgan fingerprint density at radius 1 is 1.10 bits per heavy atom. The van der Waals surface area contributed by atoms with Crippen molar-refractivity contribution in [2.24, 2.45) is 0 Å². The Morgan fingerprint density at radius 3 is 2.30 bits per heavy atom. The van der Waals surface area contributed by atoms with Gasteiger partial charge in [-0.05, 0) is 6.07 Å². The number of aromatic nitrogens is 1. The molecule has 0 saturated carbocycles. The van der Waals surface area contributed by atoms with E-state index in [-0.39, 0.29) is 15.7 Å². The van der Waals surface area contributed by atoms with Crippen LogP contribution in [0.2, 0.25) is 10.2 Å². The summed E-state index contributed by atoms with van der Waals surface area (Å²) in [5.74, 6) is -4.48. The molecule has 0 unspecified atom stereocenters. The van der Waals surface area contributed by atoms with Gasteiger partial charge < -0.3 is 5.32 Å². The van der Waals surface area contributed by atoms with E-state index >= 15 is 0 Å². The van der Waals surface area contributed by atoms with Gasteiger partial charge in [0.25, 0.3) is 5.91 Å². The third kappa shape index (κ3) is 3.02. The fourth-order valence-corrected chi connectivity index (χ4v) is 1.78. The Bertz CT molecular complexity index is 671. The molecule has 1 aromatic heterocycles. The third-order valence-electron chi connectivity index (χ3n) is 2.31. The van der Waals surface area contributed by atoms with Crippen LogP contribution in [0.3, 0.4) is 0 Å². The Labute approximate surface area is 121 Å². The van der Waals surface area contributed by atoms with E-state index in [0.717, 1.165) is 12.3 Å². The normalized spacial score (nSPS) is 10.4. The number of hydrogen-bond donors (Lipinski definition) is 1. The first kappa shape index (κ1) is 14.6. The van der Waals surface area contributed by atoms with E-state index in [0.29, 0.717) is 12.1 Å². The monoisotopic (exact) mass is 320 g/mol. The molecule has 0 spiro atoms. The molecule has 1 aromatic carbocycles. The second kappa shape index (κ2) is 5.68. The molecular formula is C12H5Cl2F3N2O. The molecule has 1 heterocycles. The van der Waals surface area contributed by atoms with Gasteiger partial charge in [-0.2, -0.15) is 0 Å². The van der Waals surface area contributed by atoms with Crippen LogP contribution in [0.1, 0.15) is 10.4 Å². The van der Waals surface area contributed by atoms with Crippen LogP contribution in [-0.4, -0.2) is 10.9 Å². The fourth-order valence-electron chi connectivity index (χ4n) is 1.43. The first-order chi connectivity index (χ1) is 9.38. The highest BCUT2D eigenvalue weighted by atomic mass is 35.5. The predicted octanol–water partition coefficient (Wildman–Crippen LogP) is 4.06. The highest BCUT2D eigenvalue weighted by molar-refractivity contribution is 6.35. The molecule has 20 heavy (non-hydrogen) atoms. The van der Waals surface area contributed by atoms with E-state index in [1.807, 2.05) is 5.32 Å². The molecule has 0 saturated heterocycles. The average molecular weight is 321 g/mol. The maximum absolute atomic E-state index is 13.4. The second-order valence-corrected chi connectivity index (χ2v) is 4.48. The van der Waals surface area contributed by atoms with E-state index in [9.17, 15) is 18.0 Å². The number of halogens is 5. The van der Waals surface area contributed by atoms with Gasteiger partial charge >= 0.3 is 0 Å². The summed E-state index contributed by atoms with van der Waals surface area (Å²) in [6.07, 6.45) is 1.12. The number of anilines is 1. The van der Waals surface area contributed by atoms with E-state index < -0.39 is 29.0 Å². The van der Waals surface area contributed by atoms with E-state index in [1.54, 1.807) is 0 Å². The van der Waals surface area contributed by atoms with Crippen LogP contribution in [0.5, 0.6) is 0 Å². The van der Waals surface area contributed by atoms with Crippen molar-refractivity contribution in [2.75, 3.05) is 5.32 Å². The molecule has 0 aliphatic rings. The number of rotatable bonds is 2. The number of carbonyl (C=O) groups is 1. The van der Waals surface area contributed by atoms with Crippen molar-refractivity contribution in [3.63, 3.8) is 0 Å². The Morgan fingerprint density at radius 2 is 1.70 bits per heavy atom. The Kier molecular flexibility index (Phi) is 4.15. The zero-order chi connectivity index (χ0) is 14.9. The molecule has 3 nitrogen and oxygen atoms in total. The molecule has 0 fully saturated rings. The number of amides is 1. The molecule has 2 aromatic rings. The molecule has 1 N–H and O–H groups in total. The summed E-state index contributed by atoms with van der Waals surface area (Å²) in [5, 5.41) is 1.90. The summed E-state index contributed by atoms with van der Waals surface area (Å²) >= 11 is 11.3. The van der Waals surface area contributed by atoms with Gasteiger partial charge in [-0.25, -0.2) is 18.2 Å². The van der Waals surface area contributed by atoms with Crippen LogP contribution in [0.25, 0.3) is 0 Å². The van der Waals surface area contributed by atoms with Crippen LogP contribution < -0.4 is 5.32 Å². The standard InChI is InChI=1S/C12H5Cl2F3N2O/c13-7-4-18-10(14)3-6(7)12(20)19-11-8(16)1-5(15)2-9(11)17/h1-4H,(H,19,20). The molecule has 2 rings (SSSR count). The lowest BCUT2D eigenvalue weighted by Gasteiger charge is -2.09. The van der Waals surface area contributed by atoms with Crippen LogP contribution in [0, 0.1) is 17.5 Å². The second-order valence-electron chi connectivity index (χ2n) is 3.69. The third-order valence-corrected chi connectivity index (χ3v) is 2.82. The maximum Gasteiger partial charge on any atom is 0.257 e. The van der Waals surface area contributed by atoms with Crippen molar-refractivity contribution in [3.8, 4) is 0 Å². The predicted molar refractivity (Wildman–Crippen MR) is 68.5 cm³/mol.